The number of hydrogen-bond acceptors (Lipinski definition) is 4. The lowest BCUT2D eigenvalue weighted by atomic mass is 10.1. The highest BCUT2D eigenvalue weighted by atomic mass is 15.0. The van der Waals surface area contributed by atoms with E-state index in [9.17, 15) is 0 Å². The fourth-order valence-corrected chi connectivity index (χ4v) is 2.63. The molecule has 0 saturated heterocycles. The Kier molecular flexibility index (Phi) is 8.90. The van der Waals surface area contributed by atoms with E-state index in [1.165, 1.54) is 0 Å². The van der Waals surface area contributed by atoms with E-state index in [-0.39, 0.29) is 0 Å². The van der Waals surface area contributed by atoms with Crippen LogP contribution in [0.3, 0.4) is 0 Å². The summed E-state index contributed by atoms with van der Waals surface area (Å²) in [5.41, 5.74) is 2.80. The molecule has 0 spiro atoms. The van der Waals surface area contributed by atoms with Crippen LogP contribution in [-0.2, 0) is 0 Å². The first-order valence-electron chi connectivity index (χ1n) is 10.1. The first-order valence-corrected chi connectivity index (χ1v) is 10.1. The minimum atomic E-state index is 0.475. The molecular weight excluding hydrogens is 356 g/mol. The predicted octanol–water partition coefficient (Wildman–Crippen LogP) is 6.47. The number of allylic oxidation sites excluding steroid dienone is 9. The molecule has 0 aliphatic carbocycles. The lowest BCUT2D eigenvalue weighted by Gasteiger charge is -2.09. The minimum Gasteiger partial charge on any atom is -0.265 e. The second kappa shape index (κ2) is 11.6. The van der Waals surface area contributed by atoms with E-state index in [0.717, 1.165) is 29.6 Å². The van der Waals surface area contributed by atoms with Crippen LogP contribution in [-0.4, -0.2) is 19.9 Å². The average Bonchev–Trinajstić information content (AvgIpc) is 2.76. The first kappa shape index (κ1) is 22.2. The molecule has 0 saturated carbocycles. The quantitative estimate of drug-likeness (QED) is 0.463. The maximum absolute atomic E-state index is 4.79. The van der Waals surface area contributed by atoms with E-state index in [2.05, 4.69) is 50.6 Å². The number of aromatic nitrogens is 4. The van der Waals surface area contributed by atoms with Crippen LogP contribution < -0.4 is 0 Å². The standard InChI is InChI=1S/C25H30N4/c1-6-10-20(11-7-2)23-27-24(21(12-8-3)14-13-19(5)9-4)29-25(28-23)22-15-17-26-18-16-22/h6,8,10-19H,3,7,9H2,1-2,4-5H3/b10-6-,14-13-,20-11+,21-12+. The van der Waals surface area contributed by atoms with Gasteiger partial charge < -0.3 is 0 Å². The molecule has 0 radical (unpaired) electrons. The Morgan fingerprint density at radius 3 is 2.31 bits per heavy atom. The normalized spacial score (nSPS) is 13.9. The van der Waals surface area contributed by atoms with Crippen molar-refractivity contribution in [3.05, 3.63) is 85.3 Å². The van der Waals surface area contributed by atoms with Crippen LogP contribution in [0.5, 0.6) is 0 Å². The van der Waals surface area contributed by atoms with Crippen molar-refractivity contribution in [2.45, 2.75) is 40.5 Å². The summed E-state index contributed by atoms with van der Waals surface area (Å²) < 4.78 is 0. The molecule has 2 aromatic heterocycles. The third-order valence-electron chi connectivity index (χ3n) is 4.41. The summed E-state index contributed by atoms with van der Waals surface area (Å²) in [7, 11) is 0. The molecule has 150 valence electrons. The topological polar surface area (TPSA) is 51.6 Å². The Labute approximate surface area is 174 Å². The largest absolute Gasteiger partial charge is 0.265 e. The maximum Gasteiger partial charge on any atom is 0.164 e. The van der Waals surface area contributed by atoms with Crippen LogP contribution in [0.25, 0.3) is 22.5 Å². The van der Waals surface area contributed by atoms with Crippen LogP contribution in [0, 0.1) is 5.92 Å². The molecule has 1 unspecified atom stereocenters. The van der Waals surface area contributed by atoms with Gasteiger partial charge in [0.05, 0.1) is 0 Å². The molecule has 2 heterocycles. The van der Waals surface area contributed by atoms with Gasteiger partial charge in [0.2, 0.25) is 0 Å². The van der Waals surface area contributed by atoms with Crippen molar-refractivity contribution in [3.63, 3.8) is 0 Å². The minimum absolute atomic E-state index is 0.475. The van der Waals surface area contributed by atoms with Crippen molar-refractivity contribution in [3.8, 4) is 11.4 Å². The van der Waals surface area contributed by atoms with E-state index in [1.807, 2.05) is 37.3 Å². The molecule has 4 heteroatoms. The summed E-state index contributed by atoms with van der Waals surface area (Å²) in [6, 6.07) is 3.82. The number of rotatable bonds is 9. The van der Waals surface area contributed by atoms with Gasteiger partial charge >= 0.3 is 0 Å². The van der Waals surface area contributed by atoms with Gasteiger partial charge in [0.25, 0.3) is 0 Å². The Morgan fingerprint density at radius 1 is 1.03 bits per heavy atom. The lowest BCUT2D eigenvalue weighted by molar-refractivity contribution is 0.698. The molecule has 0 aliphatic heterocycles. The highest BCUT2D eigenvalue weighted by Crippen LogP contribution is 2.22. The Morgan fingerprint density at radius 2 is 1.72 bits per heavy atom. The molecule has 0 aliphatic rings. The van der Waals surface area contributed by atoms with E-state index in [1.54, 1.807) is 18.5 Å². The van der Waals surface area contributed by atoms with Crippen LogP contribution in [0.1, 0.15) is 52.2 Å². The second-order valence-corrected chi connectivity index (χ2v) is 6.71. The van der Waals surface area contributed by atoms with Crippen molar-refractivity contribution in [1.29, 1.82) is 0 Å². The summed E-state index contributed by atoms with van der Waals surface area (Å²) in [6.07, 6.45) is 19.6. The van der Waals surface area contributed by atoms with Gasteiger partial charge in [-0.2, -0.15) is 0 Å². The molecule has 0 amide bonds. The molecule has 0 fully saturated rings. The maximum atomic E-state index is 4.79. The zero-order chi connectivity index (χ0) is 21.1. The van der Waals surface area contributed by atoms with Crippen LogP contribution in [0.2, 0.25) is 0 Å². The van der Waals surface area contributed by atoms with Gasteiger partial charge in [-0.3, -0.25) is 4.98 Å². The molecule has 29 heavy (non-hydrogen) atoms. The monoisotopic (exact) mass is 386 g/mol. The van der Waals surface area contributed by atoms with Crippen LogP contribution in [0.4, 0.5) is 0 Å². The van der Waals surface area contributed by atoms with Crippen molar-refractivity contribution in [1.82, 2.24) is 19.9 Å². The van der Waals surface area contributed by atoms with Crippen molar-refractivity contribution in [2.75, 3.05) is 0 Å². The van der Waals surface area contributed by atoms with E-state index in [0.29, 0.717) is 23.4 Å². The SMILES string of the molecule is C=C/C=C(\C=C/C(C)CC)c1nc(C(/C=C\C)=C/CC)nc(-c2ccncc2)n1. The summed E-state index contributed by atoms with van der Waals surface area (Å²) in [5, 5.41) is 0. The van der Waals surface area contributed by atoms with E-state index in [4.69, 9.17) is 15.0 Å². The summed E-state index contributed by atoms with van der Waals surface area (Å²) in [4.78, 5) is 18.4. The molecule has 2 rings (SSSR count). The number of hydrogen-bond donors (Lipinski definition) is 0. The Bertz CT molecular complexity index is 921. The average molecular weight is 387 g/mol. The molecule has 2 aromatic rings. The third kappa shape index (κ3) is 6.46. The number of pyridine rings is 1. The van der Waals surface area contributed by atoms with E-state index < -0.39 is 0 Å². The molecule has 0 N–H and O–H groups in total. The molecular formula is C25H30N4. The molecule has 0 aromatic carbocycles. The summed E-state index contributed by atoms with van der Waals surface area (Å²) in [5.74, 6) is 2.40. The second-order valence-electron chi connectivity index (χ2n) is 6.71. The lowest BCUT2D eigenvalue weighted by Crippen LogP contribution is -2.04. The van der Waals surface area contributed by atoms with Gasteiger partial charge in [-0.1, -0.05) is 76.3 Å². The summed E-state index contributed by atoms with van der Waals surface area (Å²) >= 11 is 0. The van der Waals surface area contributed by atoms with Gasteiger partial charge in [0.15, 0.2) is 17.5 Å². The fourth-order valence-electron chi connectivity index (χ4n) is 2.63. The third-order valence-corrected chi connectivity index (χ3v) is 4.41. The highest BCUT2D eigenvalue weighted by Gasteiger charge is 2.13. The van der Waals surface area contributed by atoms with Gasteiger partial charge in [-0.25, -0.2) is 15.0 Å². The van der Waals surface area contributed by atoms with Crippen LogP contribution >= 0.6 is 0 Å². The Hall–Kier alpha value is -3.14. The molecule has 4 nitrogen and oxygen atoms in total. The van der Waals surface area contributed by atoms with E-state index >= 15 is 0 Å². The summed E-state index contributed by atoms with van der Waals surface area (Å²) in [6.45, 7) is 12.3. The Balaban J connectivity index is 2.68. The van der Waals surface area contributed by atoms with Gasteiger partial charge in [0, 0.05) is 29.1 Å². The van der Waals surface area contributed by atoms with Crippen molar-refractivity contribution in [2.24, 2.45) is 5.92 Å². The first-order chi connectivity index (χ1) is 14.1. The van der Waals surface area contributed by atoms with Gasteiger partial charge in [-0.05, 0) is 31.4 Å². The zero-order valence-electron chi connectivity index (χ0n) is 17.8. The fraction of sp³-hybridized carbons (Fsp3) is 0.280. The number of nitrogens with zero attached hydrogens (tertiary/aromatic N) is 4. The molecule has 0 bridgehead atoms. The predicted molar refractivity (Wildman–Crippen MR) is 123 cm³/mol. The van der Waals surface area contributed by atoms with Crippen molar-refractivity contribution < 1.29 is 0 Å². The van der Waals surface area contributed by atoms with Crippen molar-refractivity contribution >= 4 is 11.1 Å². The molecule has 1 atom stereocenters. The highest BCUT2D eigenvalue weighted by molar-refractivity contribution is 5.75. The smallest absolute Gasteiger partial charge is 0.164 e. The van der Waals surface area contributed by atoms with Gasteiger partial charge in [-0.15, -0.1) is 0 Å². The van der Waals surface area contributed by atoms with Crippen LogP contribution in [0.15, 0.2) is 73.6 Å². The van der Waals surface area contributed by atoms with Gasteiger partial charge in [0.1, 0.15) is 0 Å². The zero-order valence-corrected chi connectivity index (χ0v) is 17.8.